The second-order valence-corrected chi connectivity index (χ2v) is 3.77. The Hall–Kier alpha value is -1.97. The third kappa shape index (κ3) is 2.58. The van der Waals surface area contributed by atoms with Crippen molar-refractivity contribution in [1.29, 1.82) is 0 Å². The number of nitrogens with zero attached hydrogens (tertiary/aromatic N) is 2. The number of ether oxygens (including phenoxy) is 2. The number of benzene rings is 1. The second-order valence-electron chi connectivity index (χ2n) is 3.77. The maximum atomic E-state index is 5.23. The van der Waals surface area contributed by atoms with E-state index in [1.807, 2.05) is 35.9 Å². The zero-order chi connectivity index (χ0) is 12.3. The molecule has 1 aromatic carbocycles. The second kappa shape index (κ2) is 4.91. The molecule has 0 saturated heterocycles. The number of methoxy groups -OCH3 is 2. The zero-order valence-corrected chi connectivity index (χ0v) is 10.2. The molecule has 0 saturated carbocycles. The van der Waals surface area contributed by atoms with E-state index in [4.69, 9.17) is 9.47 Å². The predicted octanol–water partition coefficient (Wildman–Crippen LogP) is 2.06. The molecule has 0 bridgehead atoms. The van der Waals surface area contributed by atoms with Crippen molar-refractivity contribution in [3.05, 3.63) is 42.0 Å². The van der Waals surface area contributed by atoms with E-state index in [9.17, 15) is 0 Å². The quantitative estimate of drug-likeness (QED) is 0.808. The molecular formula is C13H15N2O2. The molecule has 2 aromatic rings. The van der Waals surface area contributed by atoms with E-state index in [0.29, 0.717) is 0 Å². The fraction of sp³-hybridized carbons (Fsp3) is 0.308. The van der Waals surface area contributed by atoms with Crippen LogP contribution < -0.4 is 9.47 Å². The lowest BCUT2D eigenvalue weighted by Crippen LogP contribution is -2.01. The Morgan fingerprint density at radius 3 is 2.29 bits per heavy atom. The van der Waals surface area contributed by atoms with Crippen LogP contribution in [0.15, 0.2) is 24.4 Å². The number of aromatic nitrogens is 2. The normalized spacial score (nSPS) is 10.3. The van der Waals surface area contributed by atoms with Crippen molar-refractivity contribution in [1.82, 2.24) is 9.55 Å². The van der Waals surface area contributed by atoms with Crippen molar-refractivity contribution in [2.45, 2.75) is 13.5 Å². The van der Waals surface area contributed by atoms with Gasteiger partial charge in [0.05, 0.1) is 14.2 Å². The molecule has 1 aromatic heterocycles. The van der Waals surface area contributed by atoms with Gasteiger partial charge in [-0.15, -0.1) is 0 Å². The number of hydrogen-bond acceptors (Lipinski definition) is 3. The Morgan fingerprint density at radius 1 is 1.18 bits per heavy atom. The summed E-state index contributed by atoms with van der Waals surface area (Å²) in [6.45, 7) is 2.68. The highest BCUT2D eigenvalue weighted by Crippen LogP contribution is 2.23. The number of aryl methyl sites for hydroxylation is 1. The average molecular weight is 231 g/mol. The predicted molar refractivity (Wildman–Crippen MR) is 64.4 cm³/mol. The topological polar surface area (TPSA) is 36.3 Å². The highest BCUT2D eigenvalue weighted by atomic mass is 16.5. The minimum absolute atomic E-state index is 0.732. The van der Waals surface area contributed by atoms with Gasteiger partial charge in [-0.2, -0.15) is 0 Å². The standard InChI is InChI=1S/C13H15N2O2/c1-10-14-4-5-15(10)9-11-6-12(16-2)8-13(7-11)17-3/h5-8H,9H2,1-3H3. The van der Waals surface area contributed by atoms with Crippen LogP contribution in [0.4, 0.5) is 0 Å². The van der Waals surface area contributed by atoms with Crippen molar-refractivity contribution >= 4 is 0 Å². The van der Waals surface area contributed by atoms with E-state index in [1.54, 1.807) is 14.2 Å². The van der Waals surface area contributed by atoms with Gasteiger partial charge in [-0.3, -0.25) is 0 Å². The van der Waals surface area contributed by atoms with Gasteiger partial charge in [0.2, 0.25) is 0 Å². The third-order valence-electron chi connectivity index (χ3n) is 2.62. The van der Waals surface area contributed by atoms with Crippen LogP contribution in [0.2, 0.25) is 0 Å². The Morgan fingerprint density at radius 2 is 1.82 bits per heavy atom. The maximum Gasteiger partial charge on any atom is 0.122 e. The molecule has 0 atom stereocenters. The lowest BCUT2D eigenvalue weighted by molar-refractivity contribution is 0.393. The van der Waals surface area contributed by atoms with E-state index < -0.39 is 0 Å². The van der Waals surface area contributed by atoms with Crippen molar-refractivity contribution < 1.29 is 9.47 Å². The number of hydrogen-bond donors (Lipinski definition) is 0. The first-order chi connectivity index (χ1) is 8.22. The van der Waals surface area contributed by atoms with Crippen molar-refractivity contribution in [3.8, 4) is 11.5 Å². The van der Waals surface area contributed by atoms with Gasteiger partial charge in [0.25, 0.3) is 0 Å². The first kappa shape index (κ1) is 11.5. The molecule has 0 spiro atoms. The van der Waals surface area contributed by atoms with Crippen LogP contribution in [0.25, 0.3) is 0 Å². The molecule has 0 unspecified atom stereocenters. The van der Waals surface area contributed by atoms with Crippen LogP contribution in [-0.2, 0) is 6.54 Å². The van der Waals surface area contributed by atoms with E-state index >= 15 is 0 Å². The highest BCUT2D eigenvalue weighted by molar-refractivity contribution is 5.38. The van der Waals surface area contributed by atoms with E-state index in [2.05, 4.69) is 11.2 Å². The van der Waals surface area contributed by atoms with Crippen LogP contribution in [0.1, 0.15) is 11.4 Å². The Labute approximate surface area is 101 Å². The van der Waals surface area contributed by atoms with Gasteiger partial charge < -0.3 is 14.0 Å². The summed E-state index contributed by atoms with van der Waals surface area (Å²) in [5.74, 6) is 2.52. The summed E-state index contributed by atoms with van der Waals surface area (Å²) in [6.07, 6.45) is 4.66. The van der Waals surface area contributed by atoms with Crippen LogP contribution >= 0.6 is 0 Å². The van der Waals surface area contributed by atoms with Crippen molar-refractivity contribution in [2.75, 3.05) is 14.2 Å². The van der Waals surface area contributed by atoms with Crippen LogP contribution in [-0.4, -0.2) is 23.8 Å². The lowest BCUT2D eigenvalue weighted by atomic mass is 10.2. The lowest BCUT2D eigenvalue weighted by Gasteiger charge is -2.09. The maximum absolute atomic E-state index is 5.23. The highest BCUT2D eigenvalue weighted by Gasteiger charge is 2.04. The summed E-state index contributed by atoms with van der Waals surface area (Å²) in [5.41, 5.74) is 1.11. The summed E-state index contributed by atoms with van der Waals surface area (Å²) in [6, 6.07) is 5.83. The SMILES string of the molecule is COc1cc(Cn2c[c]nc2C)cc(OC)c1. The van der Waals surface area contributed by atoms with Crippen LogP contribution in [0, 0.1) is 13.1 Å². The monoisotopic (exact) mass is 231 g/mol. The molecule has 1 heterocycles. The van der Waals surface area contributed by atoms with Gasteiger partial charge in [0.1, 0.15) is 23.5 Å². The molecule has 89 valence electrons. The molecule has 0 aliphatic carbocycles. The van der Waals surface area contributed by atoms with E-state index in [1.165, 1.54) is 0 Å². The minimum Gasteiger partial charge on any atom is -0.497 e. The van der Waals surface area contributed by atoms with Gasteiger partial charge in [0.15, 0.2) is 0 Å². The fourth-order valence-electron chi connectivity index (χ4n) is 1.66. The Balaban J connectivity index is 2.29. The average Bonchev–Trinajstić information content (AvgIpc) is 2.74. The molecule has 0 amide bonds. The molecule has 0 fully saturated rings. The van der Waals surface area contributed by atoms with Crippen LogP contribution in [0.5, 0.6) is 11.5 Å². The molecular weight excluding hydrogens is 216 g/mol. The molecule has 4 nitrogen and oxygen atoms in total. The first-order valence-electron chi connectivity index (χ1n) is 5.34. The van der Waals surface area contributed by atoms with E-state index in [-0.39, 0.29) is 0 Å². The number of imidazole rings is 1. The Bertz CT molecular complexity index is 484. The minimum atomic E-state index is 0.732. The number of rotatable bonds is 4. The van der Waals surface area contributed by atoms with E-state index in [0.717, 1.165) is 29.4 Å². The van der Waals surface area contributed by atoms with Gasteiger partial charge in [-0.25, -0.2) is 4.98 Å². The van der Waals surface area contributed by atoms with Gasteiger partial charge in [-0.1, -0.05) is 0 Å². The molecule has 0 N–H and O–H groups in total. The van der Waals surface area contributed by atoms with Gasteiger partial charge >= 0.3 is 0 Å². The third-order valence-corrected chi connectivity index (χ3v) is 2.62. The van der Waals surface area contributed by atoms with Gasteiger partial charge in [0, 0.05) is 18.8 Å². The molecule has 2 rings (SSSR count). The first-order valence-corrected chi connectivity index (χ1v) is 5.34. The smallest absolute Gasteiger partial charge is 0.122 e. The summed E-state index contributed by atoms with van der Waals surface area (Å²) < 4.78 is 12.5. The fourth-order valence-corrected chi connectivity index (χ4v) is 1.66. The largest absolute Gasteiger partial charge is 0.497 e. The summed E-state index contributed by atoms with van der Waals surface area (Å²) in [7, 11) is 3.30. The Kier molecular flexibility index (Phi) is 3.32. The molecule has 0 aliphatic heterocycles. The van der Waals surface area contributed by atoms with Gasteiger partial charge in [-0.05, 0) is 24.6 Å². The molecule has 0 aliphatic rings. The molecule has 1 radical (unpaired) electrons. The summed E-state index contributed by atoms with van der Waals surface area (Å²) in [5, 5.41) is 0. The summed E-state index contributed by atoms with van der Waals surface area (Å²) >= 11 is 0. The van der Waals surface area contributed by atoms with Crippen molar-refractivity contribution in [3.63, 3.8) is 0 Å². The van der Waals surface area contributed by atoms with Crippen molar-refractivity contribution in [2.24, 2.45) is 0 Å². The molecule has 4 heteroatoms. The summed E-state index contributed by atoms with van der Waals surface area (Å²) in [4.78, 5) is 4.07. The molecule has 17 heavy (non-hydrogen) atoms. The van der Waals surface area contributed by atoms with Crippen LogP contribution in [0.3, 0.4) is 0 Å². The zero-order valence-electron chi connectivity index (χ0n) is 10.2.